The van der Waals surface area contributed by atoms with Crippen molar-refractivity contribution in [1.29, 1.82) is 0 Å². The van der Waals surface area contributed by atoms with Crippen LogP contribution in [0.4, 0.5) is 0 Å². The van der Waals surface area contributed by atoms with Crippen molar-refractivity contribution in [3.05, 3.63) is 46.6 Å². The number of halogens is 1. The summed E-state index contributed by atoms with van der Waals surface area (Å²) in [6.07, 6.45) is 0.624. The Hall–Kier alpha value is -1.43. The summed E-state index contributed by atoms with van der Waals surface area (Å²) in [7, 11) is 0. The molecule has 5 nitrogen and oxygen atoms in total. The van der Waals surface area contributed by atoms with E-state index in [1.807, 2.05) is 24.3 Å². The van der Waals surface area contributed by atoms with Gasteiger partial charge in [0.1, 0.15) is 6.61 Å². The fourth-order valence-corrected chi connectivity index (χ4v) is 2.15. The first-order valence-corrected chi connectivity index (χ1v) is 6.91. The second-order valence-electron chi connectivity index (χ2n) is 5.25. The number of nitrogens with one attached hydrogen (secondary N) is 1. The van der Waals surface area contributed by atoms with E-state index < -0.39 is 0 Å². The maximum atomic E-state index is 5.85. The lowest BCUT2D eigenvalue weighted by Crippen LogP contribution is -2.58. The van der Waals surface area contributed by atoms with Crippen LogP contribution in [0, 0.1) is 0 Å². The van der Waals surface area contributed by atoms with E-state index >= 15 is 0 Å². The fraction of sp³-hybridized carbons (Fsp3) is 0.429. The molecule has 0 radical (unpaired) electrons. The molecule has 0 atom stereocenters. The zero-order chi connectivity index (χ0) is 14.0. The average Bonchev–Trinajstić information content (AvgIpc) is 2.85. The van der Waals surface area contributed by atoms with Crippen molar-refractivity contribution >= 4 is 11.6 Å². The van der Waals surface area contributed by atoms with Crippen molar-refractivity contribution in [3.8, 4) is 0 Å². The maximum Gasteiger partial charge on any atom is 0.252 e. The number of hydrogen-bond acceptors (Lipinski definition) is 5. The molecule has 1 aromatic heterocycles. The first-order valence-electron chi connectivity index (χ1n) is 6.54. The number of aromatic nitrogens is 2. The van der Waals surface area contributed by atoms with Crippen LogP contribution in [0.3, 0.4) is 0 Å². The Balaban J connectivity index is 1.57. The molecule has 20 heavy (non-hydrogen) atoms. The minimum atomic E-state index is -0.106. The van der Waals surface area contributed by atoms with Crippen LogP contribution in [0.25, 0.3) is 0 Å². The van der Waals surface area contributed by atoms with E-state index in [0.717, 1.165) is 23.7 Å². The SMILES string of the molecule is CC1(OCc2nc(Cc3ccc(Cl)cc3)no2)CNC1. The predicted octanol–water partition coefficient (Wildman–Crippen LogP) is 2.19. The van der Waals surface area contributed by atoms with Crippen LogP contribution >= 0.6 is 11.6 Å². The number of rotatable bonds is 5. The van der Waals surface area contributed by atoms with Gasteiger partial charge < -0.3 is 14.6 Å². The molecule has 2 heterocycles. The summed E-state index contributed by atoms with van der Waals surface area (Å²) < 4.78 is 10.9. The highest BCUT2D eigenvalue weighted by atomic mass is 35.5. The second kappa shape index (κ2) is 5.52. The maximum absolute atomic E-state index is 5.85. The molecule has 6 heteroatoms. The van der Waals surface area contributed by atoms with Crippen LogP contribution in [0.5, 0.6) is 0 Å². The monoisotopic (exact) mass is 293 g/mol. The van der Waals surface area contributed by atoms with Crippen LogP contribution in [0.15, 0.2) is 28.8 Å². The number of benzene rings is 1. The zero-order valence-electron chi connectivity index (χ0n) is 11.2. The molecule has 1 aromatic carbocycles. The molecule has 1 saturated heterocycles. The molecule has 0 unspecified atom stereocenters. The zero-order valence-corrected chi connectivity index (χ0v) is 12.0. The highest BCUT2D eigenvalue weighted by Crippen LogP contribution is 2.18. The second-order valence-corrected chi connectivity index (χ2v) is 5.69. The fourth-order valence-electron chi connectivity index (χ4n) is 2.02. The molecule has 0 bridgehead atoms. The first kappa shape index (κ1) is 13.5. The van der Waals surface area contributed by atoms with E-state index in [9.17, 15) is 0 Å². The third-order valence-electron chi connectivity index (χ3n) is 3.33. The van der Waals surface area contributed by atoms with Gasteiger partial charge in [-0.15, -0.1) is 0 Å². The Labute approximate surface area is 122 Å². The van der Waals surface area contributed by atoms with Crippen molar-refractivity contribution in [3.63, 3.8) is 0 Å². The Morgan fingerprint density at radius 2 is 2.10 bits per heavy atom. The quantitative estimate of drug-likeness (QED) is 0.916. The van der Waals surface area contributed by atoms with Crippen LogP contribution in [0.2, 0.25) is 5.02 Å². The van der Waals surface area contributed by atoms with Gasteiger partial charge >= 0.3 is 0 Å². The minimum Gasteiger partial charge on any atom is -0.363 e. The van der Waals surface area contributed by atoms with Gasteiger partial charge in [0.05, 0.1) is 5.60 Å². The number of ether oxygens (including phenoxy) is 1. The molecular formula is C14H16ClN3O2. The van der Waals surface area contributed by atoms with Crippen molar-refractivity contribution < 1.29 is 9.26 Å². The Bertz CT molecular complexity index is 578. The Kier molecular flexibility index (Phi) is 3.74. The van der Waals surface area contributed by atoms with E-state index in [-0.39, 0.29) is 5.60 Å². The molecule has 0 saturated carbocycles. The summed E-state index contributed by atoms with van der Waals surface area (Å²) in [5.74, 6) is 1.17. The molecule has 1 aliphatic heterocycles. The lowest BCUT2D eigenvalue weighted by molar-refractivity contribution is -0.0841. The molecule has 1 N–H and O–H groups in total. The van der Waals surface area contributed by atoms with Crippen LogP contribution in [0.1, 0.15) is 24.2 Å². The summed E-state index contributed by atoms with van der Waals surface area (Å²) in [6, 6.07) is 7.61. The number of hydrogen-bond donors (Lipinski definition) is 1. The third-order valence-corrected chi connectivity index (χ3v) is 3.58. The minimum absolute atomic E-state index is 0.106. The van der Waals surface area contributed by atoms with Crippen molar-refractivity contribution in [2.45, 2.75) is 25.6 Å². The van der Waals surface area contributed by atoms with E-state index in [4.69, 9.17) is 20.9 Å². The number of nitrogens with zero attached hydrogens (tertiary/aromatic N) is 2. The van der Waals surface area contributed by atoms with Gasteiger partial charge in [0.15, 0.2) is 5.82 Å². The molecule has 1 fully saturated rings. The first-order chi connectivity index (χ1) is 9.63. The lowest BCUT2D eigenvalue weighted by atomic mass is 10.0. The van der Waals surface area contributed by atoms with Crippen molar-refractivity contribution in [1.82, 2.24) is 15.5 Å². The standard InChI is InChI=1S/C14H16ClN3O2/c1-14(8-16-9-14)19-7-13-17-12(18-20-13)6-10-2-4-11(15)5-3-10/h2-5,16H,6-9H2,1H3. The van der Waals surface area contributed by atoms with Crippen molar-refractivity contribution in [2.75, 3.05) is 13.1 Å². The summed E-state index contributed by atoms with van der Waals surface area (Å²) in [6.45, 7) is 4.14. The topological polar surface area (TPSA) is 60.2 Å². The van der Waals surface area contributed by atoms with Crippen LogP contribution in [-0.4, -0.2) is 28.8 Å². The van der Waals surface area contributed by atoms with E-state index in [1.54, 1.807) is 0 Å². The molecule has 2 aromatic rings. The predicted molar refractivity (Wildman–Crippen MR) is 74.6 cm³/mol. The van der Waals surface area contributed by atoms with Crippen LogP contribution < -0.4 is 5.32 Å². The molecule has 106 valence electrons. The normalized spacial score (nSPS) is 16.9. The molecule has 0 aliphatic carbocycles. The van der Waals surface area contributed by atoms with Gasteiger partial charge in [0, 0.05) is 24.5 Å². The van der Waals surface area contributed by atoms with Gasteiger partial charge in [0.2, 0.25) is 0 Å². The molecule has 1 aliphatic rings. The summed E-state index contributed by atoms with van der Waals surface area (Å²) in [5.41, 5.74) is 0.989. The average molecular weight is 294 g/mol. The van der Waals surface area contributed by atoms with Gasteiger partial charge in [-0.05, 0) is 24.6 Å². The van der Waals surface area contributed by atoms with Gasteiger partial charge in [-0.25, -0.2) is 0 Å². The summed E-state index contributed by atoms with van der Waals surface area (Å²) >= 11 is 5.85. The van der Waals surface area contributed by atoms with E-state index in [2.05, 4.69) is 22.4 Å². The molecule has 0 spiro atoms. The Morgan fingerprint density at radius 1 is 1.35 bits per heavy atom. The van der Waals surface area contributed by atoms with Gasteiger partial charge in [-0.2, -0.15) is 4.98 Å². The lowest BCUT2D eigenvalue weighted by Gasteiger charge is -2.38. The third kappa shape index (κ3) is 3.17. The van der Waals surface area contributed by atoms with Crippen LogP contribution in [-0.2, 0) is 17.8 Å². The smallest absolute Gasteiger partial charge is 0.252 e. The van der Waals surface area contributed by atoms with E-state index in [1.165, 1.54) is 0 Å². The van der Waals surface area contributed by atoms with Gasteiger partial charge in [-0.3, -0.25) is 0 Å². The highest BCUT2D eigenvalue weighted by molar-refractivity contribution is 6.30. The van der Waals surface area contributed by atoms with Gasteiger partial charge in [-0.1, -0.05) is 28.9 Å². The highest BCUT2D eigenvalue weighted by Gasteiger charge is 2.32. The largest absolute Gasteiger partial charge is 0.363 e. The van der Waals surface area contributed by atoms with Crippen molar-refractivity contribution in [2.24, 2.45) is 0 Å². The Morgan fingerprint density at radius 3 is 2.75 bits per heavy atom. The summed E-state index contributed by atoms with van der Waals surface area (Å²) in [5, 5.41) is 7.86. The summed E-state index contributed by atoms with van der Waals surface area (Å²) in [4.78, 5) is 4.33. The molecule has 0 amide bonds. The van der Waals surface area contributed by atoms with Gasteiger partial charge in [0.25, 0.3) is 5.89 Å². The molecule has 3 rings (SSSR count). The van der Waals surface area contributed by atoms with E-state index in [0.29, 0.717) is 24.7 Å². The molecular weight excluding hydrogens is 278 g/mol.